The van der Waals surface area contributed by atoms with Gasteiger partial charge in [-0.05, 0) is 31.0 Å². The number of nitrogens with zero attached hydrogens (tertiary/aromatic N) is 1. The predicted molar refractivity (Wildman–Crippen MR) is 74.1 cm³/mol. The molecule has 3 heteroatoms. The molecule has 0 atom stereocenters. The number of nitrogen functional groups attached to an aromatic ring is 1. The average Bonchev–Trinajstić information content (AvgIpc) is 2.31. The highest BCUT2D eigenvalue weighted by atomic mass is 32.2. The van der Waals surface area contributed by atoms with E-state index in [0.717, 1.165) is 22.0 Å². The van der Waals surface area contributed by atoms with Gasteiger partial charge in [0.25, 0.3) is 0 Å². The highest BCUT2D eigenvalue weighted by molar-refractivity contribution is 7.98. The fourth-order valence-electron chi connectivity index (χ4n) is 1.61. The SMILES string of the molecule is Cc1cccc(CSc2nccc(C)c2N)c1. The molecule has 0 spiro atoms. The summed E-state index contributed by atoms with van der Waals surface area (Å²) >= 11 is 1.69. The van der Waals surface area contributed by atoms with Crippen LogP contribution in [0.15, 0.2) is 41.6 Å². The van der Waals surface area contributed by atoms with Crippen molar-refractivity contribution in [3.8, 4) is 0 Å². The number of nitrogens with two attached hydrogens (primary N) is 1. The maximum Gasteiger partial charge on any atom is 0.120 e. The minimum absolute atomic E-state index is 0.796. The van der Waals surface area contributed by atoms with Crippen molar-refractivity contribution in [3.63, 3.8) is 0 Å². The van der Waals surface area contributed by atoms with Crippen LogP contribution in [0, 0.1) is 13.8 Å². The van der Waals surface area contributed by atoms with Gasteiger partial charge in [0.2, 0.25) is 0 Å². The van der Waals surface area contributed by atoms with E-state index in [9.17, 15) is 0 Å². The lowest BCUT2D eigenvalue weighted by molar-refractivity contribution is 1.12. The van der Waals surface area contributed by atoms with Crippen LogP contribution in [0.1, 0.15) is 16.7 Å². The summed E-state index contributed by atoms with van der Waals surface area (Å²) in [6.45, 7) is 4.11. The molecule has 0 bridgehead atoms. The Morgan fingerprint density at radius 3 is 2.82 bits per heavy atom. The Morgan fingerprint density at radius 2 is 2.06 bits per heavy atom. The van der Waals surface area contributed by atoms with Crippen LogP contribution in [0.2, 0.25) is 0 Å². The highest BCUT2D eigenvalue weighted by Crippen LogP contribution is 2.27. The average molecular weight is 244 g/mol. The molecule has 0 aliphatic rings. The third-order valence-electron chi connectivity index (χ3n) is 2.63. The summed E-state index contributed by atoms with van der Waals surface area (Å²) in [6.07, 6.45) is 1.81. The van der Waals surface area contributed by atoms with Crippen LogP contribution in [0.4, 0.5) is 5.69 Å². The van der Waals surface area contributed by atoms with E-state index in [1.165, 1.54) is 11.1 Å². The molecule has 2 N–H and O–H groups in total. The highest BCUT2D eigenvalue weighted by Gasteiger charge is 2.04. The number of benzene rings is 1. The zero-order chi connectivity index (χ0) is 12.3. The Hall–Kier alpha value is -1.48. The van der Waals surface area contributed by atoms with Crippen LogP contribution in [0.5, 0.6) is 0 Å². The lowest BCUT2D eigenvalue weighted by atomic mass is 10.2. The fraction of sp³-hybridized carbons (Fsp3) is 0.214. The summed E-state index contributed by atoms with van der Waals surface area (Å²) in [4.78, 5) is 4.31. The van der Waals surface area contributed by atoms with Gasteiger partial charge in [0.15, 0.2) is 0 Å². The van der Waals surface area contributed by atoms with Crippen molar-refractivity contribution in [1.82, 2.24) is 4.98 Å². The molecule has 0 radical (unpaired) electrons. The van der Waals surface area contributed by atoms with E-state index >= 15 is 0 Å². The van der Waals surface area contributed by atoms with Gasteiger partial charge in [0.05, 0.1) is 5.69 Å². The molecule has 2 rings (SSSR count). The quantitative estimate of drug-likeness (QED) is 0.839. The maximum atomic E-state index is 5.99. The lowest BCUT2D eigenvalue weighted by Gasteiger charge is -2.07. The number of aromatic nitrogens is 1. The number of hydrogen-bond acceptors (Lipinski definition) is 3. The van der Waals surface area contributed by atoms with Gasteiger partial charge < -0.3 is 5.73 Å². The molecule has 0 saturated heterocycles. The first-order valence-electron chi connectivity index (χ1n) is 5.56. The number of thioether (sulfide) groups is 1. The zero-order valence-electron chi connectivity index (χ0n) is 10.1. The Labute approximate surface area is 106 Å². The molecular formula is C14H16N2S. The fourth-order valence-corrected chi connectivity index (χ4v) is 2.55. The molecule has 0 unspecified atom stereocenters. The minimum Gasteiger partial charge on any atom is -0.396 e. The van der Waals surface area contributed by atoms with Crippen molar-refractivity contribution in [2.75, 3.05) is 5.73 Å². The van der Waals surface area contributed by atoms with E-state index in [2.05, 4.69) is 36.2 Å². The Morgan fingerprint density at radius 1 is 1.24 bits per heavy atom. The van der Waals surface area contributed by atoms with Crippen LogP contribution in [-0.4, -0.2) is 4.98 Å². The van der Waals surface area contributed by atoms with Gasteiger partial charge in [-0.1, -0.05) is 41.6 Å². The number of hydrogen-bond donors (Lipinski definition) is 1. The molecular weight excluding hydrogens is 228 g/mol. The topological polar surface area (TPSA) is 38.9 Å². The molecule has 0 aliphatic heterocycles. The van der Waals surface area contributed by atoms with Crippen molar-refractivity contribution in [2.24, 2.45) is 0 Å². The van der Waals surface area contributed by atoms with Crippen LogP contribution in [0.25, 0.3) is 0 Å². The summed E-state index contributed by atoms with van der Waals surface area (Å²) < 4.78 is 0. The van der Waals surface area contributed by atoms with Crippen molar-refractivity contribution < 1.29 is 0 Å². The van der Waals surface area contributed by atoms with E-state index < -0.39 is 0 Å². The van der Waals surface area contributed by atoms with Gasteiger partial charge in [0, 0.05) is 11.9 Å². The van der Waals surface area contributed by atoms with E-state index in [-0.39, 0.29) is 0 Å². The van der Waals surface area contributed by atoms with Gasteiger partial charge in [0.1, 0.15) is 5.03 Å². The zero-order valence-corrected chi connectivity index (χ0v) is 10.9. The van der Waals surface area contributed by atoms with Crippen molar-refractivity contribution in [3.05, 3.63) is 53.2 Å². The van der Waals surface area contributed by atoms with Crippen molar-refractivity contribution >= 4 is 17.4 Å². The second kappa shape index (κ2) is 5.23. The third-order valence-corrected chi connectivity index (χ3v) is 3.71. The molecule has 1 aromatic carbocycles. The molecule has 0 amide bonds. The van der Waals surface area contributed by atoms with Gasteiger partial charge in [-0.3, -0.25) is 0 Å². The monoisotopic (exact) mass is 244 g/mol. The Balaban J connectivity index is 2.10. The van der Waals surface area contributed by atoms with Gasteiger partial charge >= 0.3 is 0 Å². The van der Waals surface area contributed by atoms with E-state index in [1.807, 2.05) is 19.2 Å². The van der Waals surface area contributed by atoms with Crippen LogP contribution in [-0.2, 0) is 5.75 Å². The first-order chi connectivity index (χ1) is 8.16. The predicted octanol–water partition coefficient (Wildman–Crippen LogP) is 3.57. The summed E-state index contributed by atoms with van der Waals surface area (Å²) in [6, 6.07) is 10.4. The molecule has 0 fully saturated rings. The lowest BCUT2D eigenvalue weighted by Crippen LogP contribution is -1.95. The molecule has 2 nitrogen and oxygen atoms in total. The molecule has 0 aliphatic carbocycles. The molecule has 1 aromatic heterocycles. The second-order valence-corrected chi connectivity index (χ2v) is 5.09. The molecule has 2 aromatic rings. The number of anilines is 1. The Kier molecular flexibility index (Phi) is 3.69. The van der Waals surface area contributed by atoms with Crippen molar-refractivity contribution in [1.29, 1.82) is 0 Å². The molecule has 17 heavy (non-hydrogen) atoms. The first-order valence-corrected chi connectivity index (χ1v) is 6.55. The van der Waals surface area contributed by atoms with Crippen LogP contribution >= 0.6 is 11.8 Å². The molecule has 1 heterocycles. The number of rotatable bonds is 3. The third kappa shape index (κ3) is 3.01. The normalized spacial score (nSPS) is 10.5. The number of pyridine rings is 1. The summed E-state index contributed by atoms with van der Waals surface area (Å²) in [5, 5.41) is 0.923. The maximum absolute atomic E-state index is 5.99. The summed E-state index contributed by atoms with van der Waals surface area (Å²) in [5.41, 5.74) is 10.5. The first kappa shape index (κ1) is 12.0. The van der Waals surface area contributed by atoms with Crippen LogP contribution < -0.4 is 5.73 Å². The molecule has 88 valence electrons. The van der Waals surface area contributed by atoms with Gasteiger partial charge in [-0.15, -0.1) is 0 Å². The number of aryl methyl sites for hydroxylation is 2. The van der Waals surface area contributed by atoms with Crippen LogP contribution in [0.3, 0.4) is 0 Å². The van der Waals surface area contributed by atoms with E-state index in [4.69, 9.17) is 5.73 Å². The van der Waals surface area contributed by atoms with E-state index in [1.54, 1.807) is 11.8 Å². The van der Waals surface area contributed by atoms with E-state index in [0.29, 0.717) is 0 Å². The van der Waals surface area contributed by atoms with Crippen molar-refractivity contribution in [2.45, 2.75) is 24.6 Å². The molecule has 0 saturated carbocycles. The summed E-state index contributed by atoms with van der Waals surface area (Å²) in [5.74, 6) is 0.905. The second-order valence-electron chi connectivity index (χ2n) is 4.12. The standard InChI is InChI=1S/C14H16N2S/c1-10-4-3-5-12(8-10)9-17-14-13(15)11(2)6-7-16-14/h3-8H,9,15H2,1-2H3. The Bertz CT molecular complexity index is 523. The van der Waals surface area contributed by atoms with Gasteiger partial charge in [-0.25, -0.2) is 4.98 Å². The summed E-state index contributed by atoms with van der Waals surface area (Å²) in [7, 11) is 0. The minimum atomic E-state index is 0.796. The van der Waals surface area contributed by atoms with Gasteiger partial charge in [-0.2, -0.15) is 0 Å². The largest absolute Gasteiger partial charge is 0.396 e. The smallest absolute Gasteiger partial charge is 0.120 e.